The smallest absolute Gasteiger partial charge is 0.234 e. The number of primary amides is 1. The summed E-state index contributed by atoms with van der Waals surface area (Å²) in [5, 5.41) is 11.7. The molecule has 156 valence electrons. The van der Waals surface area contributed by atoms with Gasteiger partial charge in [0, 0.05) is 25.1 Å². The number of sulfone groups is 1. The lowest BCUT2D eigenvalue weighted by atomic mass is 10.3. The molecular formula is C17H20ClN5O4S2. The monoisotopic (exact) mass is 457 g/mol. The first kappa shape index (κ1) is 21.6. The first-order valence-corrected chi connectivity index (χ1v) is 12.0. The Labute approximate surface area is 177 Å². The number of benzene rings is 1. The molecule has 2 amide bonds. The summed E-state index contributed by atoms with van der Waals surface area (Å²) in [7, 11) is -3.43. The average molecular weight is 458 g/mol. The highest BCUT2D eigenvalue weighted by atomic mass is 35.5. The van der Waals surface area contributed by atoms with Gasteiger partial charge in [-0.25, -0.2) is 8.42 Å². The molecule has 1 saturated carbocycles. The number of carbonyl (C=O) groups is 2. The third-order valence-corrected chi connectivity index (χ3v) is 6.65. The number of nitrogens with two attached hydrogens (primary N) is 1. The Morgan fingerprint density at radius 3 is 2.69 bits per heavy atom. The number of thioether (sulfide) groups is 1. The third-order valence-electron chi connectivity index (χ3n) is 4.24. The van der Waals surface area contributed by atoms with Crippen LogP contribution in [-0.2, 0) is 26.0 Å². The van der Waals surface area contributed by atoms with Gasteiger partial charge in [0.1, 0.15) is 5.82 Å². The van der Waals surface area contributed by atoms with Crippen LogP contribution in [-0.4, -0.2) is 47.0 Å². The Bertz CT molecular complexity index is 1050. The van der Waals surface area contributed by atoms with Gasteiger partial charge in [0.2, 0.25) is 11.8 Å². The predicted octanol–water partition coefficient (Wildman–Crippen LogP) is 1.82. The van der Waals surface area contributed by atoms with Crippen LogP contribution in [0, 0.1) is 0 Å². The van der Waals surface area contributed by atoms with E-state index in [4.69, 9.17) is 17.3 Å². The molecule has 3 rings (SSSR count). The molecule has 1 aliphatic rings. The van der Waals surface area contributed by atoms with Crippen molar-refractivity contribution in [2.75, 3.05) is 17.3 Å². The highest BCUT2D eigenvalue weighted by molar-refractivity contribution is 7.99. The number of amides is 2. The topological polar surface area (TPSA) is 137 Å². The van der Waals surface area contributed by atoms with Crippen LogP contribution in [0.25, 0.3) is 0 Å². The maximum atomic E-state index is 12.4. The van der Waals surface area contributed by atoms with E-state index in [9.17, 15) is 18.0 Å². The number of nitrogens with one attached hydrogen (secondary N) is 1. The minimum atomic E-state index is -3.43. The standard InChI is InChI=1S/C17H20ClN5O4S2/c1-29(26,27)11-4-5-12(18)13(8-11)20-15(25)9-28-17-22-21-16(10-2-3-10)23(17)7-6-14(19)24/h4-5,8,10H,2-3,6-7,9H2,1H3,(H2,19,24)(H,20,25). The molecule has 0 aliphatic heterocycles. The lowest BCUT2D eigenvalue weighted by Gasteiger charge is -2.10. The number of hydrogen-bond donors (Lipinski definition) is 2. The zero-order valence-corrected chi connectivity index (χ0v) is 18.0. The molecule has 0 spiro atoms. The zero-order valence-electron chi connectivity index (χ0n) is 15.6. The van der Waals surface area contributed by atoms with Crippen molar-refractivity contribution in [3.63, 3.8) is 0 Å². The number of halogens is 1. The summed E-state index contributed by atoms with van der Waals surface area (Å²) < 4.78 is 25.2. The van der Waals surface area contributed by atoms with Crippen molar-refractivity contribution in [1.29, 1.82) is 0 Å². The van der Waals surface area contributed by atoms with E-state index in [1.165, 1.54) is 30.0 Å². The Hall–Kier alpha value is -2.11. The fourth-order valence-corrected chi connectivity index (χ4v) is 4.21. The molecule has 1 aromatic carbocycles. The summed E-state index contributed by atoms with van der Waals surface area (Å²) in [5.74, 6) is 0.349. The second-order valence-electron chi connectivity index (χ2n) is 6.73. The molecule has 0 bridgehead atoms. The summed E-state index contributed by atoms with van der Waals surface area (Å²) in [4.78, 5) is 23.6. The summed E-state index contributed by atoms with van der Waals surface area (Å²) in [6.45, 7) is 0.361. The van der Waals surface area contributed by atoms with Crippen LogP contribution in [0.2, 0.25) is 5.02 Å². The van der Waals surface area contributed by atoms with Gasteiger partial charge >= 0.3 is 0 Å². The van der Waals surface area contributed by atoms with Gasteiger partial charge in [-0.15, -0.1) is 10.2 Å². The Balaban J connectivity index is 1.68. The van der Waals surface area contributed by atoms with E-state index >= 15 is 0 Å². The molecule has 0 saturated heterocycles. The number of nitrogens with zero attached hydrogens (tertiary/aromatic N) is 3. The largest absolute Gasteiger partial charge is 0.370 e. The van der Waals surface area contributed by atoms with E-state index in [1.54, 1.807) is 0 Å². The molecule has 3 N–H and O–H groups in total. The zero-order chi connectivity index (χ0) is 21.2. The van der Waals surface area contributed by atoms with Crippen LogP contribution < -0.4 is 11.1 Å². The van der Waals surface area contributed by atoms with Crippen molar-refractivity contribution >= 4 is 50.7 Å². The van der Waals surface area contributed by atoms with Crippen molar-refractivity contribution in [3.05, 3.63) is 29.0 Å². The van der Waals surface area contributed by atoms with Gasteiger partial charge in [0.15, 0.2) is 15.0 Å². The van der Waals surface area contributed by atoms with Crippen LogP contribution >= 0.6 is 23.4 Å². The summed E-state index contributed by atoms with van der Waals surface area (Å²) in [6, 6.07) is 4.12. The molecule has 0 radical (unpaired) electrons. The first-order valence-electron chi connectivity index (χ1n) is 8.79. The molecule has 0 atom stereocenters. The highest BCUT2D eigenvalue weighted by Gasteiger charge is 2.30. The van der Waals surface area contributed by atoms with Gasteiger partial charge in [0.05, 0.1) is 21.4 Å². The maximum Gasteiger partial charge on any atom is 0.234 e. The Morgan fingerprint density at radius 1 is 1.34 bits per heavy atom. The van der Waals surface area contributed by atoms with Crippen molar-refractivity contribution in [3.8, 4) is 0 Å². The van der Waals surface area contributed by atoms with Crippen molar-refractivity contribution in [2.45, 2.75) is 41.8 Å². The quantitative estimate of drug-likeness (QED) is 0.547. The molecule has 1 aliphatic carbocycles. The summed E-state index contributed by atoms with van der Waals surface area (Å²) in [6.07, 6.45) is 3.28. The molecule has 9 nitrogen and oxygen atoms in total. The molecule has 1 heterocycles. The first-order chi connectivity index (χ1) is 13.6. The Kier molecular flexibility index (Phi) is 6.49. The minimum absolute atomic E-state index is 0.0127. The van der Waals surface area contributed by atoms with Crippen LogP contribution in [0.5, 0.6) is 0 Å². The molecule has 0 unspecified atom stereocenters. The SMILES string of the molecule is CS(=O)(=O)c1ccc(Cl)c(NC(=O)CSc2nnc(C3CC3)n2CCC(N)=O)c1. The van der Waals surface area contributed by atoms with E-state index in [2.05, 4.69) is 15.5 Å². The Morgan fingerprint density at radius 2 is 2.07 bits per heavy atom. The van der Waals surface area contributed by atoms with Crippen LogP contribution in [0.15, 0.2) is 28.3 Å². The number of anilines is 1. The van der Waals surface area contributed by atoms with Gasteiger partial charge in [-0.3, -0.25) is 9.59 Å². The molecular weight excluding hydrogens is 438 g/mol. The van der Waals surface area contributed by atoms with E-state index in [-0.39, 0.29) is 33.7 Å². The van der Waals surface area contributed by atoms with Gasteiger partial charge < -0.3 is 15.6 Å². The van der Waals surface area contributed by atoms with Crippen molar-refractivity contribution < 1.29 is 18.0 Å². The van der Waals surface area contributed by atoms with E-state index in [1.807, 2.05) is 4.57 Å². The van der Waals surface area contributed by atoms with E-state index in [0.717, 1.165) is 24.9 Å². The summed E-state index contributed by atoms with van der Waals surface area (Å²) in [5.41, 5.74) is 5.46. The van der Waals surface area contributed by atoms with E-state index < -0.39 is 15.7 Å². The second kappa shape index (κ2) is 8.72. The molecule has 1 aromatic heterocycles. The molecule has 2 aromatic rings. The number of hydrogen-bond acceptors (Lipinski definition) is 7. The normalized spacial score (nSPS) is 14.0. The van der Waals surface area contributed by atoms with Gasteiger partial charge in [0.25, 0.3) is 0 Å². The van der Waals surface area contributed by atoms with Crippen LogP contribution in [0.1, 0.15) is 31.0 Å². The highest BCUT2D eigenvalue weighted by Crippen LogP contribution is 2.40. The number of rotatable bonds is 9. The van der Waals surface area contributed by atoms with Crippen molar-refractivity contribution in [1.82, 2.24) is 14.8 Å². The summed E-state index contributed by atoms with van der Waals surface area (Å²) >= 11 is 7.23. The number of aromatic nitrogens is 3. The van der Waals surface area contributed by atoms with E-state index in [0.29, 0.717) is 17.6 Å². The maximum absolute atomic E-state index is 12.4. The van der Waals surface area contributed by atoms with Gasteiger partial charge in [-0.05, 0) is 31.0 Å². The average Bonchev–Trinajstić information content (AvgIpc) is 3.39. The van der Waals surface area contributed by atoms with Gasteiger partial charge in [-0.2, -0.15) is 0 Å². The van der Waals surface area contributed by atoms with Crippen LogP contribution in [0.4, 0.5) is 5.69 Å². The third kappa shape index (κ3) is 5.71. The lowest BCUT2D eigenvalue weighted by molar-refractivity contribution is -0.118. The van der Waals surface area contributed by atoms with Crippen LogP contribution in [0.3, 0.4) is 0 Å². The fourth-order valence-electron chi connectivity index (χ4n) is 2.63. The van der Waals surface area contributed by atoms with Crippen molar-refractivity contribution in [2.24, 2.45) is 5.73 Å². The minimum Gasteiger partial charge on any atom is -0.370 e. The molecule has 1 fully saturated rings. The fraction of sp³-hybridized carbons (Fsp3) is 0.412. The predicted molar refractivity (Wildman–Crippen MR) is 110 cm³/mol. The van der Waals surface area contributed by atoms with Gasteiger partial charge in [-0.1, -0.05) is 23.4 Å². The molecule has 29 heavy (non-hydrogen) atoms. The lowest BCUT2D eigenvalue weighted by Crippen LogP contribution is -2.17. The second-order valence-corrected chi connectivity index (χ2v) is 10.1. The number of carbonyl (C=O) groups excluding carboxylic acids is 2. The molecule has 12 heteroatoms.